The van der Waals surface area contributed by atoms with Crippen molar-refractivity contribution < 1.29 is 14.8 Å². The van der Waals surface area contributed by atoms with Crippen LogP contribution in [-0.4, -0.2) is 19.3 Å². The van der Waals surface area contributed by atoms with Gasteiger partial charge in [0.1, 0.15) is 0 Å². The minimum atomic E-state index is -0.943. The van der Waals surface area contributed by atoms with Crippen molar-refractivity contribution in [2.75, 3.05) is 0 Å². The molecule has 1 heterocycles. The summed E-state index contributed by atoms with van der Waals surface area (Å²) in [7, 11) is 0. The predicted octanol–water partition coefficient (Wildman–Crippen LogP) is 1.68. The smallest absolute Gasteiger partial charge is 0.307 e. The Morgan fingerprint density at radius 3 is 1.68 bits per heavy atom. The Hall–Kier alpha value is -3.63. The SMILES string of the molecule is N=c1ccn(-c2c([N+](=O)[O-])cc([N+](=O)[O-])cc2[N+](=O)[O-])cc1. The van der Waals surface area contributed by atoms with E-state index >= 15 is 0 Å². The lowest BCUT2D eigenvalue weighted by molar-refractivity contribution is -0.402. The van der Waals surface area contributed by atoms with Crippen LogP contribution in [0.5, 0.6) is 0 Å². The Balaban J connectivity index is 2.87. The molecule has 2 rings (SSSR count). The molecule has 0 aliphatic rings. The number of nitro benzene ring substituents is 3. The van der Waals surface area contributed by atoms with Crippen LogP contribution in [0.3, 0.4) is 0 Å². The normalized spacial score (nSPS) is 10.2. The third-order valence-corrected chi connectivity index (χ3v) is 2.75. The first kappa shape index (κ1) is 14.8. The molecule has 0 saturated heterocycles. The average molecular weight is 305 g/mol. The van der Waals surface area contributed by atoms with Crippen molar-refractivity contribution in [3.8, 4) is 5.69 Å². The number of benzene rings is 1. The largest absolute Gasteiger partial charge is 0.312 e. The second-order valence-electron chi connectivity index (χ2n) is 4.10. The molecule has 0 amide bonds. The van der Waals surface area contributed by atoms with Crippen LogP contribution in [0.4, 0.5) is 17.1 Å². The molecule has 112 valence electrons. The quantitative estimate of drug-likeness (QED) is 0.668. The van der Waals surface area contributed by atoms with Crippen molar-refractivity contribution in [2.45, 2.75) is 0 Å². The molecule has 0 atom stereocenters. The third kappa shape index (κ3) is 2.63. The van der Waals surface area contributed by atoms with E-state index in [4.69, 9.17) is 5.41 Å². The minimum Gasteiger partial charge on any atom is -0.312 e. The predicted molar refractivity (Wildman–Crippen MR) is 71.6 cm³/mol. The van der Waals surface area contributed by atoms with Crippen LogP contribution in [0, 0.1) is 35.8 Å². The lowest BCUT2D eigenvalue weighted by Gasteiger charge is -2.07. The lowest BCUT2D eigenvalue weighted by Crippen LogP contribution is -2.08. The first-order valence-corrected chi connectivity index (χ1v) is 5.65. The standard InChI is InChI=1S/C11H7N5O6/c12-7-1-3-13(4-2-7)11-9(15(19)20)5-8(14(17)18)6-10(11)16(21)22/h1-6,12H. The van der Waals surface area contributed by atoms with E-state index in [-0.39, 0.29) is 5.36 Å². The molecule has 0 fully saturated rings. The van der Waals surface area contributed by atoms with Crippen LogP contribution in [0.15, 0.2) is 36.7 Å². The molecule has 1 aromatic heterocycles. The van der Waals surface area contributed by atoms with Gasteiger partial charge in [-0.1, -0.05) is 0 Å². The highest BCUT2D eigenvalue weighted by molar-refractivity contribution is 5.69. The van der Waals surface area contributed by atoms with E-state index in [2.05, 4.69) is 0 Å². The minimum absolute atomic E-state index is 0.100. The lowest BCUT2D eigenvalue weighted by atomic mass is 10.2. The van der Waals surface area contributed by atoms with Crippen LogP contribution in [0.25, 0.3) is 5.69 Å². The van der Waals surface area contributed by atoms with Crippen molar-refractivity contribution in [1.82, 2.24) is 4.57 Å². The number of pyridine rings is 1. The van der Waals surface area contributed by atoms with Gasteiger partial charge in [-0.25, -0.2) is 0 Å². The molecule has 0 aliphatic heterocycles. The van der Waals surface area contributed by atoms with E-state index in [0.29, 0.717) is 12.1 Å². The number of non-ortho nitro benzene ring substituents is 1. The van der Waals surface area contributed by atoms with Crippen LogP contribution >= 0.6 is 0 Å². The fraction of sp³-hybridized carbons (Fsp3) is 0. The van der Waals surface area contributed by atoms with Gasteiger partial charge in [0.2, 0.25) is 5.69 Å². The monoisotopic (exact) mass is 305 g/mol. The van der Waals surface area contributed by atoms with Gasteiger partial charge in [-0.05, 0) is 12.1 Å². The highest BCUT2D eigenvalue weighted by Gasteiger charge is 2.31. The summed E-state index contributed by atoms with van der Waals surface area (Å²) < 4.78 is 1.07. The first-order valence-electron chi connectivity index (χ1n) is 5.65. The molecule has 0 bridgehead atoms. The van der Waals surface area contributed by atoms with Gasteiger partial charge in [0.15, 0.2) is 0 Å². The van der Waals surface area contributed by atoms with Gasteiger partial charge < -0.3 is 9.98 Å². The molecule has 22 heavy (non-hydrogen) atoms. The Morgan fingerprint density at radius 2 is 1.32 bits per heavy atom. The van der Waals surface area contributed by atoms with E-state index in [0.717, 1.165) is 4.57 Å². The van der Waals surface area contributed by atoms with Crippen molar-refractivity contribution in [2.24, 2.45) is 0 Å². The summed E-state index contributed by atoms with van der Waals surface area (Å²) in [6.45, 7) is 0. The number of nitrogens with zero attached hydrogens (tertiary/aromatic N) is 4. The van der Waals surface area contributed by atoms with Crippen molar-refractivity contribution >= 4 is 17.1 Å². The van der Waals surface area contributed by atoms with E-state index < -0.39 is 37.5 Å². The maximum Gasteiger partial charge on any atom is 0.307 e. The van der Waals surface area contributed by atoms with Crippen molar-refractivity contribution in [3.05, 3.63) is 72.4 Å². The molecular weight excluding hydrogens is 298 g/mol. The van der Waals surface area contributed by atoms with Crippen LogP contribution in [-0.2, 0) is 0 Å². The van der Waals surface area contributed by atoms with E-state index in [1.165, 1.54) is 24.5 Å². The number of hydrogen-bond acceptors (Lipinski definition) is 7. The summed E-state index contributed by atoms with van der Waals surface area (Å²) in [4.78, 5) is 30.2. The summed E-state index contributed by atoms with van der Waals surface area (Å²) in [6, 6.07) is 3.86. The summed E-state index contributed by atoms with van der Waals surface area (Å²) >= 11 is 0. The number of hydrogen-bond donors (Lipinski definition) is 1. The summed E-state index contributed by atoms with van der Waals surface area (Å²) in [5.74, 6) is 0. The third-order valence-electron chi connectivity index (χ3n) is 2.75. The van der Waals surface area contributed by atoms with Gasteiger partial charge in [0.25, 0.3) is 5.69 Å². The zero-order chi connectivity index (χ0) is 16.4. The molecule has 0 spiro atoms. The molecule has 0 unspecified atom stereocenters. The average Bonchev–Trinajstić information content (AvgIpc) is 2.46. The highest BCUT2D eigenvalue weighted by Crippen LogP contribution is 2.36. The Kier molecular flexibility index (Phi) is 3.62. The molecule has 1 N–H and O–H groups in total. The van der Waals surface area contributed by atoms with Gasteiger partial charge in [0.05, 0.1) is 32.3 Å². The molecule has 11 heteroatoms. The first-order chi connectivity index (χ1) is 10.3. The van der Waals surface area contributed by atoms with Gasteiger partial charge >= 0.3 is 11.4 Å². The fourth-order valence-corrected chi connectivity index (χ4v) is 1.81. The Labute approximate surface area is 121 Å². The van der Waals surface area contributed by atoms with Crippen LogP contribution in [0.1, 0.15) is 0 Å². The van der Waals surface area contributed by atoms with E-state index in [9.17, 15) is 30.3 Å². The van der Waals surface area contributed by atoms with Gasteiger partial charge in [-0.15, -0.1) is 0 Å². The van der Waals surface area contributed by atoms with E-state index in [1.807, 2.05) is 0 Å². The second kappa shape index (κ2) is 5.40. The zero-order valence-corrected chi connectivity index (χ0v) is 10.7. The zero-order valence-electron chi connectivity index (χ0n) is 10.7. The maximum atomic E-state index is 11.1. The van der Waals surface area contributed by atoms with Crippen molar-refractivity contribution in [3.63, 3.8) is 0 Å². The Bertz CT molecular complexity index is 803. The molecule has 2 aromatic rings. The van der Waals surface area contributed by atoms with Crippen LogP contribution < -0.4 is 5.36 Å². The molecule has 11 nitrogen and oxygen atoms in total. The highest BCUT2D eigenvalue weighted by atomic mass is 16.6. The number of aromatic nitrogens is 1. The second-order valence-corrected chi connectivity index (χ2v) is 4.10. The number of nitro groups is 3. The van der Waals surface area contributed by atoms with E-state index in [1.54, 1.807) is 0 Å². The number of rotatable bonds is 4. The molecule has 0 radical (unpaired) electrons. The maximum absolute atomic E-state index is 11.1. The topological polar surface area (TPSA) is 158 Å². The molecule has 0 aliphatic carbocycles. The van der Waals surface area contributed by atoms with Gasteiger partial charge in [0, 0.05) is 12.4 Å². The summed E-state index contributed by atoms with van der Waals surface area (Å²) in [5.41, 5.74) is -2.72. The Morgan fingerprint density at radius 1 is 0.864 bits per heavy atom. The van der Waals surface area contributed by atoms with Crippen LogP contribution in [0.2, 0.25) is 0 Å². The van der Waals surface area contributed by atoms with Crippen molar-refractivity contribution in [1.29, 1.82) is 5.41 Å². The molecular formula is C11H7N5O6. The summed E-state index contributed by atoms with van der Waals surface area (Å²) in [6.07, 6.45) is 2.45. The number of nitrogens with one attached hydrogen (secondary N) is 1. The van der Waals surface area contributed by atoms with Gasteiger partial charge in [-0.3, -0.25) is 30.3 Å². The van der Waals surface area contributed by atoms with Gasteiger partial charge in [-0.2, -0.15) is 0 Å². The fourth-order valence-electron chi connectivity index (χ4n) is 1.81. The molecule has 0 saturated carbocycles. The molecule has 1 aromatic carbocycles. The summed E-state index contributed by atoms with van der Waals surface area (Å²) in [5, 5.41) is 40.5.